The van der Waals surface area contributed by atoms with Crippen molar-refractivity contribution in [3.05, 3.63) is 51.8 Å². The summed E-state index contributed by atoms with van der Waals surface area (Å²) in [5, 5.41) is 18.1. The number of carbonyl (C=O) groups excluding carboxylic acids is 1. The van der Waals surface area contributed by atoms with Crippen molar-refractivity contribution in [3.8, 4) is 0 Å². The van der Waals surface area contributed by atoms with Crippen molar-refractivity contribution < 1.29 is 14.6 Å². The Bertz CT molecular complexity index is 1250. The lowest BCUT2D eigenvalue weighted by molar-refractivity contribution is -0.117. The second kappa shape index (κ2) is 9.01. The Morgan fingerprint density at radius 1 is 1.26 bits per heavy atom. The van der Waals surface area contributed by atoms with Crippen LogP contribution in [-0.4, -0.2) is 71.9 Å². The highest BCUT2D eigenvalue weighted by Gasteiger charge is 2.45. The number of aromatic nitrogens is 1. The van der Waals surface area contributed by atoms with Crippen LogP contribution in [0.2, 0.25) is 5.02 Å². The smallest absolute Gasteiger partial charge is 0.229 e. The van der Waals surface area contributed by atoms with E-state index in [4.69, 9.17) is 16.3 Å². The van der Waals surface area contributed by atoms with Crippen LogP contribution in [0.25, 0.3) is 10.8 Å². The van der Waals surface area contributed by atoms with E-state index in [-0.39, 0.29) is 17.4 Å². The van der Waals surface area contributed by atoms with Gasteiger partial charge in [0.1, 0.15) is 5.82 Å². The molecule has 4 unspecified atom stereocenters. The maximum Gasteiger partial charge on any atom is 0.229 e. The van der Waals surface area contributed by atoms with E-state index in [1.54, 1.807) is 17.5 Å². The molecule has 1 saturated carbocycles. The first kappa shape index (κ1) is 23.2. The Kier molecular flexibility index (Phi) is 5.97. The van der Waals surface area contributed by atoms with Crippen molar-refractivity contribution in [2.45, 2.75) is 30.9 Å². The molecule has 1 amide bonds. The number of piperazine rings is 1. The van der Waals surface area contributed by atoms with Crippen LogP contribution in [0.3, 0.4) is 0 Å². The molecule has 1 aliphatic carbocycles. The maximum atomic E-state index is 12.8. The summed E-state index contributed by atoms with van der Waals surface area (Å²) in [6.07, 6.45) is 2.20. The van der Waals surface area contributed by atoms with E-state index in [0.717, 1.165) is 49.1 Å². The summed E-state index contributed by atoms with van der Waals surface area (Å²) in [7, 11) is 0. The van der Waals surface area contributed by atoms with Gasteiger partial charge in [0.05, 0.1) is 35.6 Å². The van der Waals surface area contributed by atoms with E-state index >= 15 is 0 Å². The predicted molar refractivity (Wildman–Crippen MR) is 140 cm³/mol. The molecule has 0 spiro atoms. The predicted octanol–water partition coefficient (Wildman–Crippen LogP) is 3.96. The number of carbonyl (C=O) groups is 1. The number of hydrogen-bond acceptors (Lipinski definition) is 7. The number of nitrogens with zero attached hydrogens (tertiary/aromatic N) is 3. The quantitative estimate of drug-likeness (QED) is 0.539. The van der Waals surface area contributed by atoms with Crippen LogP contribution < -0.4 is 10.2 Å². The molecule has 9 heteroatoms. The number of amides is 1. The van der Waals surface area contributed by atoms with Crippen molar-refractivity contribution in [2.24, 2.45) is 5.92 Å². The molecule has 2 aromatic heterocycles. The summed E-state index contributed by atoms with van der Waals surface area (Å²) < 4.78 is 5.52. The maximum absolute atomic E-state index is 12.8. The first-order chi connectivity index (χ1) is 16.9. The summed E-state index contributed by atoms with van der Waals surface area (Å²) in [4.78, 5) is 23.1. The van der Waals surface area contributed by atoms with Crippen LogP contribution in [0.1, 0.15) is 24.1 Å². The summed E-state index contributed by atoms with van der Waals surface area (Å²) in [5.74, 6) is 0.959. The normalized spacial score (nSPS) is 29.0. The molecule has 0 bridgehead atoms. The number of benzene rings is 1. The fourth-order valence-electron chi connectivity index (χ4n) is 5.40. The second-order valence-corrected chi connectivity index (χ2v) is 11.4. The Hall–Kier alpha value is -2.23. The van der Waals surface area contributed by atoms with Crippen LogP contribution >= 0.6 is 22.9 Å². The molecule has 3 fully saturated rings. The molecule has 35 heavy (non-hydrogen) atoms. The van der Waals surface area contributed by atoms with Gasteiger partial charge in [0.15, 0.2) is 0 Å². The van der Waals surface area contributed by atoms with E-state index in [1.807, 2.05) is 18.2 Å². The van der Waals surface area contributed by atoms with Crippen molar-refractivity contribution >= 4 is 51.1 Å². The Balaban J connectivity index is 1.15. The van der Waals surface area contributed by atoms with E-state index in [9.17, 15) is 9.90 Å². The molecule has 2 aliphatic heterocycles. The number of hydrogen-bond donors (Lipinski definition) is 2. The molecule has 4 atom stereocenters. The molecule has 184 valence electrons. The van der Waals surface area contributed by atoms with Crippen LogP contribution in [0.5, 0.6) is 0 Å². The highest BCUT2D eigenvalue weighted by atomic mass is 35.5. The molecule has 3 aromatic rings. The summed E-state index contributed by atoms with van der Waals surface area (Å²) >= 11 is 8.39. The second-order valence-electron chi connectivity index (χ2n) is 10.0. The van der Waals surface area contributed by atoms with Crippen LogP contribution in [-0.2, 0) is 9.53 Å². The lowest BCUT2D eigenvalue weighted by atomic mass is 9.95. The molecule has 0 radical (unpaired) electrons. The van der Waals surface area contributed by atoms with Gasteiger partial charge in [0.25, 0.3) is 0 Å². The van der Waals surface area contributed by atoms with Crippen molar-refractivity contribution in [3.63, 3.8) is 0 Å². The Labute approximate surface area is 213 Å². The standard InChI is InChI=1S/C26H29ClN4O3S/c1-26(15-34-14-23(26)32)31-6-4-30(5-7-31)21-10-16-11-24(28-13-17(16)9-20(21)27)29-25(33)19-12-18(19)22-3-2-8-35-22/h2-3,8-11,13,18-19,23,32H,4-7,12,14-15H2,1H3,(H,28,29,33). The zero-order valence-corrected chi connectivity index (χ0v) is 21.2. The largest absolute Gasteiger partial charge is 0.389 e. The average molecular weight is 513 g/mol. The van der Waals surface area contributed by atoms with Gasteiger partial charge in [-0.2, -0.15) is 0 Å². The minimum Gasteiger partial charge on any atom is -0.389 e. The fourth-order valence-corrected chi connectivity index (χ4v) is 6.60. The number of aliphatic hydroxyl groups is 1. The Morgan fingerprint density at radius 3 is 2.80 bits per heavy atom. The number of pyridine rings is 1. The van der Waals surface area contributed by atoms with Gasteiger partial charge in [-0.15, -0.1) is 11.3 Å². The first-order valence-electron chi connectivity index (χ1n) is 12.1. The molecule has 6 rings (SSSR count). The SMILES string of the molecule is CC1(N2CCN(c3cc4cc(NC(=O)C5CC5c5cccs5)ncc4cc3Cl)CC2)COCC1O. The van der Waals surface area contributed by atoms with Gasteiger partial charge in [0.2, 0.25) is 5.91 Å². The van der Waals surface area contributed by atoms with Gasteiger partial charge in [-0.3, -0.25) is 9.69 Å². The highest BCUT2D eigenvalue weighted by molar-refractivity contribution is 7.10. The summed E-state index contributed by atoms with van der Waals surface area (Å²) in [5.41, 5.74) is 0.651. The molecule has 4 heterocycles. The van der Waals surface area contributed by atoms with Crippen molar-refractivity contribution in [2.75, 3.05) is 49.6 Å². The van der Waals surface area contributed by atoms with E-state index in [2.05, 4.69) is 44.5 Å². The van der Waals surface area contributed by atoms with Crippen molar-refractivity contribution in [1.82, 2.24) is 9.88 Å². The Morgan fingerprint density at radius 2 is 2.09 bits per heavy atom. The van der Waals surface area contributed by atoms with Gasteiger partial charge < -0.3 is 20.1 Å². The number of fused-ring (bicyclic) bond motifs is 1. The van der Waals surface area contributed by atoms with E-state index in [0.29, 0.717) is 30.0 Å². The molecule has 7 nitrogen and oxygen atoms in total. The zero-order valence-electron chi connectivity index (χ0n) is 19.6. The summed E-state index contributed by atoms with van der Waals surface area (Å²) in [6.45, 7) is 6.32. The van der Waals surface area contributed by atoms with Gasteiger partial charge in [-0.1, -0.05) is 17.7 Å². The monoisotopic (exact) mass is 512 g/mol. The average Bonchev–Trinajstić information content (AvgIpc) is 3.32. The third-order valence-electron chi connectivity index (χ3n) is 7.81. The third kappa shape index (κ3) is 4.32. The van der Waals surface area contributed by atoms with Gasteiger partial charge in [-0.05, 0) is 48.4 Å². The number of halogens is 1. The van der Waals surface area contributed by atoms with Gasteiger partial charge >= 0.3 is 0 Å². The minimum absolute atomic E-state index is 0.0221. The first-order valence-corrected chi connectivity index (χ1v) is 13.4. The lowest BCUT2D eigenvalue weighted by Gasteiger charge is -2.45. The molecular formula is C26H29ClN4O3S. The van der Waals surface area contributed by atoms with Crippen molar-refractivity contribution in [1.29, 1.82) is 0 Å². The highest BCUT2D eigenvalue weighted by Crippen LogP contribution is 2.49. The van der Waals surface area contributed by atoms with Gasteiger partial charge in [0, 0.05) is 54.5 Å². The fraction of sp³-hybridized carbons (Fsp3) is 0.462. The summed E-state index contributed by atoms with van der Waals surface area (Å²) in [6, 6.07) is 10.1. The number of thiophene rings is 1. The van der Waals surface area contributed by atoms with Gasteiger partial charge in [-0.25, -0.2) is 4.98 Å². The molecule has 1 aromatic carbocycles. The number of ether oxygens (including phenoxy) is 1. The number of rotatable bonds is 5. The number of nitrogens with one attached hydrogen (secondary N) is 1. The van der Waals surface area contributed by atoms with Crippen LogP contribution in [0.4, 0.5) is 11.5 Å². The molecule has 3 aliphatic rings. The molecule has 2 saturated heterocycles. The van der Waals surface area contributed by atoms with Crippen LogP contribution in [0.15, 0.2) is 41.9 Å². The molecular weight excluding hydrogens is 484 g/mol. The number of anilines is 2. The van der Waals surface area contributed by atoms with E-state index in [1.165, 1.54) is 4.88 Å². The van der Waals surface area contributed by atoms with E-state index < -0.39 is 6.10 Å². The third-order valence-corrected chi connectivity index (χ3v) is 9.11. The van der Waals surface area contributed by atoms with Crippen LogP contribution in [0, 0.1) is 5.92 Å². The topological polar surface area (TPSA) is 77.9 Å². The lowest BCUT2D eigenvalue weighted by Crippen LogP contribution is -2.60. The zero-order chi connectivity index (χ0) is 24.2. The molecule has 2 N–H and O–H groups in total. The minimum atomic E-state index is -0.462. The number of aliphatic hydroxyl groups excluding tert-OH is 1.